The SMILES string of the molecule is CC(=O)Nc1ncnc2c([C@H]3O[C@@H](COC(C)=O)[C@@H](OC(C)=O)[C@H]3OC(C)=O)[nH]nc12. The van der Waals surface area contributed by atoms with Crippen molar-refractivity contribution in [3.8, 4) is 0 Å². The number of rotatable bonds is 6. The number of fused-ring (bicyclic) bond motifs is 1. The van der Waals surface area contributed by atoms with Crippen LogP contribution in [0.3, 0.4) is 0 Å². The molecule has 4 atom stereocenters. The number of nitrogens with zero attached hydrogens (tertiary/aromatic N) is 3. The van der Waals surface area contributed by atoms with E-state index >= 15 is 0 Å². The molecule has 1 amide bonds. The Balaban J connectivity index is 2.02. The molecule has 2 aromatic heterocycles. The molecule has 1 fully saturated rings. The van der Waals surface area contributed by atoms with E-state index in [0.717, 1.165) is 0 Å². The van der Waals surface area contributed by atoms with Gasteiger partial charge in [0.05, 0.1) is 5.69 Å². The van der Waals surface area contributed by atoms with Crippen molar-refractivity contribution in [2.75, 3.05) is 11.9 Å². The first-order chi connectivity index (χ1) is 14.7. The fourth-order valence-corrected chi connectivity index (χ4v) is 3.26. The smallest absolute Gasteiger partial charge is 0.303 e. The van der Waals surface area contributed by atoms with Crippen LogP contribution in [0, 0.1) is 0 Å². The topological polar surface area (TPSA) is 172 Å². The van der Waals surface area contributed by atoms with Gasteiger partial charge in [-0.15, -0.1) is 0 Å². The molecule has 1 saturated heterocycles. The highest BCUT2D eigenvalue weighted by Crippen LogP contribution is 2.39. The summed E-state index contributed by atoms with van der Waals surface area (Å²) in [6, 6.07) is 0. The van der Waals surface area contributed by atoms with E-state index in [2.05, 4.69) is 25.5 Å². The van der Waals surface area contributed by atoms with Crippen LogP contribution in [0.15, 0.2) is 6.33 Å². The van der Waals surface area contributed by atoms with Gasteiger partial charge in [0.25, 0.3) is 0 Å². The molecule has 0 unspecified atom stereocenters. The van der Waals surface area contributed by atoms with Gasteiger partial charge in [-0.3, -0.25) is 24.3 Å². The molecular weight excluding hydrogens is 414 g/mol. The van der Waals surface area contributed by atoms with Gasteiger partial charge >= 0.3 is 17.9 Å². The second kappa shape index (κ2) is 9.04. The summed E-state index contributed by atoms with van der Waals surface area (Å²) in [6.45, 7) is 4.70. The number of H-pyrrole nitrogens is 1. The number of anilines is 1. The van der Waals surface area contributed by atoms with Crippen LogP contribution in [0.2, 0.25) is 0 Å². The summed E-state index contributed by atoms with van der Waals surface area (Å²) >= 11 is 0. The molecule has 1 aliphatic rings. The van der Waals surface area contributed by atoms with E-state index in [-0.39, 0.29) is 23.8 Å². The number of hydrogen-bond donors (Lipinski definition) is 2. The predicted octanol–water partition coefficient (Wildman–Crippen LogP) is 0.178. The quantitative estimate of drug-likeness (QED) is 0.468. The van der Waals surface area contributed by atoms with Crippen molar-refractivity contribution in [2.24, 2.45) is 0 Å². The lowest BCUT2D eigenvalue weighted by Crippen LogP contribution is -2.40. The average Bonchev–Trinajstić information content (AvgIpc) is 3.22. The maximum absolute atomic E-state index is 11.8. The van der Waals surface area contributed by atoms with E-state index in [9.17, 15) is 19.2 Å². The second-order valence-corrected chi connectivity index (χ2v) is 6.78. The number of nitrogens with one attached hydrogen (secondary N) is 2. The lowest BCUT2D eigenvalue weighted by Gasteiger charge is -2.23. The molecule has 3 rings (SSSR count). The number of esters is 3. The van der Waals surface area contributed by atoms with Gasteiger partial charge in [-0.2, -0.15) is 5.10 Å². The minimum Gasteiger partial charge on any atom is -0.463 e. The van der Waals surface area contributed by atoms with Crippen molar-refractivity contribution in [1.29, 1.82) is 0 Å². The summed E-state index contributed by atoms with van der Waals surface area (Å²) in [5, 5.41) is 9.45. The van der Waals surface area contributed by atoms with Crippen LogP contribution in [-0.2, 0) is 38.1 Å². The lowest BCUT2D eigenvalue weighted by molar-refractivity contribution is -0.165. The number of ether oxygens (including phenoxy) is 4. The largest absolute Gasteiger partial charge is 0.463 e. The minimum absolute atomic E-state index is 0.176. The van der Waals surface area contributed by atoms with Crippen LogP contribution in [0.4, 0.5) is 5.82 Å². The first kappa shape index (κ1) is 22.1. The van der Waals surface area contributed by atoms with E-state index in [4.69, 9.17) is 18.9 Å². The second-order valence-electron chi connectivity index (χ2n) is 6.78. The highest BCUT2D eigenvalue weighted by atomic mass is 16.6. The van der Waals surface area contributed by atoms with Gasteiger partial charge in [-0.25, -0.2) is 9.97 Å². The molecule has 0 saturated carbocycles. The molecule has 13 heteroatoms. The molecule has 2 N–H and O–H groups in total. The monoisotopic (exact) mass is 435 g/mol. The predicted molar refractivity (Wildman–Crippen MR) is 101 cm³/mol. The molecule has 0 aromatic carbocycles. The number of aromatic amines is 1. The molecular formula is C18H21N5O8. The Morgan fingerprint density at radius 1 is 1.00 bits per heavy atom. The summed E-state index contributed by atoms with van der Waals surface area (Å²) in [7, 11) is 0. The molecule has 2 aromatic rings. The molecule has 166 valence electrons. The molecule has 0 radical (unpaired) electrons. The number of carbonyl (C=O) groups is 4. The van der Waals surface area contributed by atoms with E-state index in [0.29, 0.717) is 11.2 Å². The van der Waals surface area contributed by atoms with Crippen LogP contribution in [0.5, 0.6) is 0 Å². The van der Waals surface area contributed by atoms with E-state index in [1.807, 2.05) is 0 Å². The Morgan fingerprint density at radius 2 is 1.68 bits per heavy atom. The molecule has 0 bridgehead atoms. The summed E-state index contributed by atoms with van der Waals surface area (Å²) < 4.78 is 21.7. The van der Waals surface area contributed by atoms with E-state index < -0.39 is 42.3 Å². The molecule has 31 heavy (non-hydrogen) atoms. The maximum Gasteiger partial charge on any atom is 0.303 e. The van der Waals surface area contributed by atoms with Crippen LogP contribution >= 0.6 is 0 Å². The van der Waals surface area contributed by atoms with Gasteiger partial charge in [-0.1, -0.05) is 0 Å². The van der Waals surface area contributed by atoms with Crippen molar-refractivity contribution in [3.05, 3.63) is 12.0 Å². The first-order valence-electron chi connectivity index (χ1n) is 9.27. The molecule has 1 aliphatic heterocycles. The third-order valence-electron chi connectivity index (χ3n) is 4.31. The van der Waals surface area contributed by atoms with Crippen molar-refractivity contribution in [2.45, 2.75) is 52.1 Å². The Bertz CT molecular complexity index is 1020. The van der Waals surface area contributed by atoms with Gasteiger partial charge in [0.1, 0.15) is 30.7 Å². The number of aromatic nitrogens is 4. The Hall–Kier alpha value is -3.61. The maximum atomic E-state index is 11.8. The molecule has 0 spiro atoms. The first-order valence-corrected chi connectivity index (χ1v) is 9.27. The number of carbonyl (C=O) groups excluding carboxylic acids is 4. The van der Waals surface area contributed by atoms with Crippen molar-refractivity contribution < 1.29 is 38.1 Å². The van der Waals surface area contributed by atoms with Gasteiger partial charge in [-0.05, 0) is 0 Å². The Kier molecular flexibility index (Phi) is 6.44. The summed E-state index contributed by atoms with van der Waals surface area (Å²) in [6.07, 6.45) is -2.82. The number of amides is 1. The fourth-order valence-electron chi connectivity index (χ4n) is 3.26. The minimum atomic E-state index is -1.08. The van der Waals surface area contributed by atoms with Crippen molar-refractivity contribution in [3.63, 3.8) is 0 Å². The zero-order valence-electron chi connectivity index (χ0n) is 17.2. The summed E-state index contributed by atoms with van der Waals surface area (Å²) in [5.41, 5.74) is 0.860. The summed E-state index contributed by atoms with van der Waals surface area (Å²) in [5.74, 6) is -2.01. The van der Waals surface area contributed by atoms with E-state index in [1.54, 1.807) is 0 Å². The van der Waals surface area contributed by atoms with Gasteiger partial charge < -0.3 is 24.3 Å². The van der Waals surface area contributed by atoms with Crippen molar-refractivity contribution >= 4 is 40.7 Å². The average molecular weight is 435 g/mol. The highest BCUT2D eigenvalue weighted by Gasteiger charge is 2.51. The van der Waals surface area contributed by atoms with Crippen LogP contribution in [0.1, 0.15) is 39.5 Å². The third kappa shape index (κ3) is 4.94. The van der Waals surface area contributed by atoms with Gasteiger partial charge in [0.2, 0.25) is 5.91 Å². The van der Waals surface area contributed by atoms with Crippen LogP contribution in [-0.4, -0.2) is 68.9 Å². The Labute approximate surface area is 175 Å². The Morgan fingerprint density at radius 3 is 2.29 bits per heavy atom. The van der Waals surface area contributed by atoms with Gasteiger partial charge in [0, 0.05) is 27.7 Å². The third-order valence-corrected chi connectivity index (χ3v) is 4.31. The zero-order valence-corrected chi connectivity index (χ0v) is 17.2. The van der Waals surface area contributed by atoms with E-state index in [1.165, 1.54) is 34.0 Å². The van der Waals surface area contributed by atoms with Crippen LogP contribution in [0.25, 0.3) is 11.0 Å². The van der Waals surface area contributed by atoms with Crippen LogP contribution < -0.4 is 5.32 Å². The van der Waals surface area contributed by atoms with Gasteiger partial charge in [0.15, 0.2) is 23.5 Å². The summed E-state index contributed by atoms with van der Waals surface area (Å²) in [4.78, 5) is 54.3. The lowest BCUT2D eigenvalue weighted by atomic mass is 10.0. The normalized spacial score (nSPS) is 22.7. The standard InChI is InChI=1S/C18H21N5O8/c1-7(24)21-18-14-12(19-6-20-18)13(22-23-14)16-17(30-10(4)27)15(29-9(3)26)11(31-16)5-28-8(2)25/h6,11,15-17H,5H2,1-4H3,(H,22,23)(H,19,20,21,24)/t11-,15+,16+,17+/m0/s1. The fraction of sp³-hybridized carbons (Fsp3) is 0.500. The molecule has 3 heterocycles. The molecule has 0 aliphatic carbocycles. The highest BCUT2D eigenvalue weighted by molar-refractivity contribution is 5.96. The molecule has 13 nitrogen and oxygen atoms in total. The zero-order chi connectivity index (χ0) is 22.7. The van der Waals surface area contributed by atoms with Crippen molar-refractivity contribution in [1.82, 2.24) is 20.2 Å². The number of hydrogen-bond acceptors (Lipinski definition) is 11.